The van der Waals surface area contributed by atoms with Crippen molar-refractivity contribution in [2.75, 3.05) is 33.4 Å². The minimum absolute atomic E-state index is 0.0790. The molecule has 1 saturated carbocycles. The Hall–Kier alpha value is -1.54. The maximum atomic E-state index is 13.3. The van der Waals surface area contributed by atoms with Crippen LogP contribution in [0.15, 0.2) is 18.2 Å². The number of amides is 2. The fourth-order valence-corrected chi connectivity index (χ4v) is 3.91. The van der Waals surface area contributed by atoms with Crippen molar-refractivity contribution in [3.8, 4) is 0 Å². The zero-order valence-electron chi connectivity index (χ0n) is 16.5. The van der Waals surface area contributed by atoms with E-state index in [1.807, 2.05) is 17.0 Å². The SMILES string of the molecule is COCCOC(=O)N[C@H]1CNC[C@@H](C(=O)N(Cc2cccc(Cl)c2Cl)C2CC2)C1. The van der Waals surface area contributed by atoms with E-state index < -0.39 is 6.09 Å². The summed E-state index contributed by atoms with van der Waals surface area (Å²) in [6.07, 6.45) is 2.07. The number of methoxy groups -OCH3 is 1. The lowest BCUT2D eigenvalue weighted by atomic mass is 9.94. The van der Waals surface area contributed by atoms with Crippen molar-refractivity contribution >= 4 is 35.2 Å². The highest BCUT2D eigenvalue weighted by Crippen LogP contribution is 2.33. The minimum Gasteiger partial charge on any atom is -0.447 e. The Kier molecular flexibility index (Phi) is 8.00. The summed E-state index contributed by atoms with van der Waals surface area (Å²) in [6, 6.07) is 5.56. The highest BCUT2D eigenvalue weighted by atomic mass is 35.5. The number of alkyl carbamates (subject to hydrolysis) is 1. The normalized spacial score (nSPS) is 21.5. The molecule has 7 nitrogen and oxygen atoms in total. The van der Waals surface area contributed by atoms with E-state index in [0.29, 0.717) is 42.7 Å². The number of halogens is 2. The van der Waals surface area contributed by atoms with E-state index in [9.17, 15) is 9.59 Å². The molecule has 0 radical (unpaired) electrons. The van der Waals surface area contributed by atoms with Crippen LogP contribution < -0.4 is 10.6 Å². The molecule has 2 aliphatic rings. The predicted octanol–water partition coefficient (Wildman–Crippen LogP) is 2.84. The van der Waals surface area contributed by atoms with Gasteiger partial charge >= 0.3 is 6.09 Å². The van der Waals surface area contributed by atoms with E-state index in [0.717, 1.165) is 18.4 Å². The smallest absolute Gasteiger partial charge is 0.407 e. The average molecular weight is 444 g/mol. The Labute approximate surface area is 181 Å². The summed E-state index contributed by atoms with van der Waals surface area (Å²) in [7, 11) is 1.55. The molecule has 1 heterocycles. The van der Waals surface area contributed by atoms with Gasteiger partial charge in [0.05, 0.1) is 22.6 Å². The number of benzene rings is 1. The standard InChI is InChI=1S/C20H27Cl2N3O4/c1-28-7-8-29-20(27)24-15-9-14(10-23-11-15)19(26)25(16-5-6-16)12-13-3-2-4-17(21)18(13)22/h2-4,14-16,23H,5-12H2,1H3,(H,24,27)/t14-,15+/m0/s1. The summed E-state index contributed by atoms with van der Waals surface area (Å²) in [5.41, 5.74) is 0.847. The van der Waals surface area contributed by atoms with Crippen LogP contribution in [0.25, 0.3) is 0 Å². The van der Waals surface area contributed by atoms with Gasteiger partial charge in [-0.1, -0.05) is 35.3 Å². The molecule has 2 fully saturated rings. The number of rotatable bonds is 8. The lowest BCUT2D eigenvalue weighted by Gasteiger charge is -2.33. The number of hydrogen-bond acceptors (Lipinski definition) is 5. The molecule has 0 unspecified atom stereocenters. The van der Waals surface area contributed by atoms with Gasteiger partial charge < -0.3 is 25.0 Å². The van der Waals surface area contributed by atoms with Crippen molar-refractivity contribution < 1.29 is 19.1 Å². The molecular formula is C20H27Cl2N3O4. The van der Waals surface area contributed by atoms with Crippen LogP contribution in [-0.4, -0.2) is 62.4 Å². The van der Waals surface area contributed by atoms with Gasteiger partial charge in [0.25, 0.3) is 0 Å². The van der Waals surface area contributed by atoms with Gasteiger partial charge in [-0.2, -0.15) is 0 Å². The molecule has 1 aromatic carbocycles. The topological polar surface area (TPSA) is 79.9 Å². The molecule has 2 amide bonds. The van der Waals surface area contributed by atoms with Gasteiger partial charge in [0.1, 0.15) is 6.61 Å². The second-order valence-corrected chi connectivity index (χ2v) is 8.26. The first-order chi connectivity index (χ1) is 14.0. The van der Waals surface area contributed by atoms with Crippen molar-refractivity contribution in [1.82, 2.24) is 15.5 Å². The highest BCUT2D eigenvalue weighted by molar-refractivity contribution is 6.42. The summed E-state index contributed by atoms with van der Waals surface area (Å²) >= 11 is 12.5. The van der Waals surface area contributed by atoms with Crippen LogP contribution in [-0.2, 0) is 20.8 Å². The third kappa shape index (κ3) is 6.22. The summed E-state index contributed by atoms with van der Waals surface area (Å²) in [5.74, 6) is -0.137. The molecule has 1 aliphatic carbocycles. The van der Waals surface area contributed by atoms with Crippen LogP contribution in [0.3, 0.4) is 0 Å². The van der Waals surface area contributed by atoms with Crippen LogP contribution in [0.1, 0.15) is 24.8 Å². The van der Waals surface area contributed by atoms with E-state index in [2.05, 4.69) is 10.6 Å². The summed E-state index contributed by atoms with van der Waals surface area (Å²) in [6.45, 7) is 2.17. The van der Waals surface area contributed by atoms with Crippen molar-refractivity contribution in [3.63, 3.8) is 0 Å². The van der Waals surface area contributed by atoms with Gasteiger partial charge in [0.2, 0.25) is 5.91 Å². The number of carbonyl (C=O) groups excluding carboxylic acids is 2. The zero-order chi connectivity index (χ0) is 20.8. The Morgan fingerprint density at radius 1 is 1.24 bits per heavy atom. The second kappa shape index (κ2) is 10.5. The molecular weight excluding hydrogens is 417 g/mol. The quantitative estimate of drug-likeness (QED) is 0.603. The Bertz CT molecular complexity index is 730. The molecule has 29 heavy (non-hydrogen) atoms. The van der Waals surface area contributed by atoms with E-state index in [4.69, 9.17) is 32.7 Å². The summed E-state index contributed by atoms with van der Waals surface area (Å²) in [4.78, 5) is 27.1. The number of hydrogen-bond donors (Lipinski definition) is 2. The van der Waals surface area contributed by atoms with E-state index in [1.54, 1.807) is 13.2 Å². The average Bonchev–Trinajstić information content (AvgIpc) is 3.54. The first kappa shape index (κ1) is 22.2. The second-order valence-electron chi connectivity index (χ2n) is 7.47. The van der Waals surface area contributed by atoms with Gasteiger partial charge in [0, 0.05) is 38.8 Å². The first-order valence-electron chi connectivity index (χ1n) is 9.86. The van der Waals surface area contributed by atoms with Gasteiger partial charge in [-0.3, -0.25) is 4.79 Å². The molecule has 1 aromatic rings. The third-order valence-electron chi connectivity index (χ3n) is 5.19. The maximum Gasteiger partial charge on any atom is 0.407 e. The number of nitrogens with zero attached hydrogens (tertiary/aromatic N) is 1. The monoisotopic (exact) mass is 443 g/mol. The molecule has 0 spiro atoms. The molecule has 1 aliphatic heterocycles. The van der Waals surface area contributed by atoms with Crippen molar-refractivity contribution in [2.24, 2.45) is 5.92 Å². The molecule has 160 valence electrons. The number of nitrogens with one attached hydrogen (secondary N) is 2. The molecule has 3 rings (SSSR count). The Morgan fingerprint density at radius 3 is 2.76 bits per heavy atom. The lowest BCUT2D eigenvalue weighted by Crippen LogP contribution is -2.53. The van der Waals surface area contributed by atoms with E-state index in [1.165, 1.54) is 0 Å². The lowest BCUT2D eigenvalue weighted by molar-refractivity contribution is -0.137. The zero-order valence-corrected chi connectivity index (χ0v) is 18.0. The maximum absolute atomic E-state index is 13.3. The molecule has 0 bridgehead atoms. The van der Waals surface area contributed by atoms with E-state index in [-0.39, 0.29) is 30.5 Å². The molecule has 2 N–H and O–H groups in total. The van der Waals surface area contributed by atoms with E-state index >= 15 is 0 Å². The molecule has 9 heteroatoms. The molecule has 2 atom stereocenters. The van der Waals surface area contributed by atoms with Gasteiger partial charge in [0.15, 0.2) is 0 Å². The van der Waals surface area contributed by atoms with Crippen LogP contribution in [0.2, 0.25) is 10.0 Å². The number of carbonyl (C=O) groups is 2. The van der Waals surface area contributed by atoms with Crippen LogP contribution >= 0.6 is 23.2 Å². The van der Waals surface area contributed by atoms with Crippen LogP contribution in [0.4, 0.5) is 4.79 Å². The third-order valence-corrected chi connectivity index (χ3v) is 6.04. The first-order valence-corrected chi connectivity index (χ1v) is 10.6. The van der Waals surface area contributed by atoms with Gasteiger partial charge in [-0.15, -0.1) is 0 Å². The minimum atomic E-state index is -0.494. The fourth-order valence-electron chi connectivity index (χ4n) is 3.53. The van der Waals surface area contributed by atoms with Crippen molar-refractivity contribution in [2.45, 2.75) is 37.9 Å². The Balaban J connectivity index is 1.59. The summed E-state index contributed by atoms with van der Waals surface area (Å²) in [5, 5.41) is 7.05. The summed E-state index contributed by atoms with van der Waals surface area (Å²) < 4.78 is 9.92. The highest BCUT2D eigenvalue weighted by Gasteiger charge is 2.38. The van der Waals surface area contributed by atoms with Crippen molar-refractivity contribution in [3.05, 3.63) is 33.8 Å². The predicted molar refractivity (Wildman–Crippen MR) is 111 cm³/mol. The number of ether oxygens (including phenoxy) is 2. The van der Waals surface area contributed by atoms with Gasteiger partial charge in [-0.05, 0) is 30.9 Å². The number of piperidine rings is 1. The fraction of sp³-hybridized carbons (Fsp3) is 0.600. The van der Waals surface area contributed by atoms with Gasteiger partial charge in [-0.25, -0.2) is 4.79 Å². The van der Waals surface area contributed by atoms with Crippen molar-refractivity contribution in [1.29, 1.82) is 0 Å². The van der Waals surface area contributed by atoms with Crippen LogP contribution in [0.5, 0.6) is 0 Å². The molecule has 1 saturated heterocycles. The largest absolute Gasteiger partial charge is 0.447 e. The van der Waals surface area contributed by atoms with Crippen LogP contribution in [0, 0.1) is 5.92 Å². The molecule has 0 aromatic heterocycles. The Morgan fingerprint density at radius 2 is 2.03 bits per heavy atom.